The van der Waals surface area contributed by atoms with E-state index in [9.17, 15) is 4.79 Å². The molecule has 146 valence electrons. The van der Waals surface area contributed by atoms with Gasteiger partial charge in [-0.25, -0.2) is 4.98 Å². The molecule has 0 unspecified atom stereocenters. The maximum absolute atomic E-state index is 12.5. The third-order valence-electron chi connectivity index (χ3n) is 4.08. The van der Waals surface area contributed by atoms with Gasteiger partial charge < -0.3 is 10.1 Å². The van der Waals surface area contributed by atoms with Crippen LogP contribution in [0.1, 0.15) is 19.4 Å². The second kappa shape index (κ2) is 9.28. The number of aromatic nitrogens is 1. The minimum absolute atomic E-state index is 0.158. The molecule has 28 heavy (non-hydrogen) atoms. The highest BCUT2D eigenvalue weighted by molar-refractivity contribution is 7.97. The Balaban J connectivity index is 1.89. The highest BCUT2D eigenvalue weighted by Gasteiger charge is 2.13. The molecule has 1 heterocycles. The third kappa shape index (κ3) is 4.95. The Hall–Kier alpha value is -2.28. The highest BCUT2D eigenvalue weighted by atomic mass is 35.5. The standard InChI is InChI=1S/C21H22ClN3O2S/c1-13(2)12-27-21-17-10-15(11-19(28-23)16(17)7-8-24-21)25-20(26)9-14-5-3-4-6-18(14)22/h3-8,10-11,13H,9,12,23H2,1-2H3,(H,25,26). The van der Waals surface area contributed by atoms with E-state index in [0.717, 1.165) is 33.2 Å². The van der Waals surface area contributed by atoms with Crippen LogP contribution >= 0.6 is 23.5 Å². The summed E-state index contributed by atoms with van der Waals surface area (Å²) >= 11 is 7.28. The predicted molar refractivity (Wildman–Crippen MR) is 116 cm³/mol. The summed E-state index contributed by atoms with van der Waals surface area (Å²) in [4.78, 5) is 17.7. The number of carbonyl (C=O) groups excluding carboxylic acids is 1. The molecule has 1 amide bonds. The van der Waals surface area contributed by atoms with Gasteiger partial charge in [0.05, 0.1) is 13.0 Å². The van der Waals surface area contributed by atoms with E-state index in [1.807, 2.05) is 36.4 Å². The number of hydrogen-bond acceptors (Lipinski definition) is 5. The summed E-state index contributed by atoms with van der Waals surface area (Å²) in [5.74, 6) is 0.747. The maximum atomic E-state index is 12.5. The molecule has 0 fully saturated rings. The van der Waals surface area contributed by atoms with Gasteiger partial charge in [0.2, 0.25) is 11.8 Å². The van der Waals surface area contributed by atoms with E-state index in [2.05, 4.69) is 24.1 Å². The van der Waals surface area contributed by atoms with Gasteiger partial charge in [-0.2, -0.15) is 0 Å². The maximum Gasteiger partial charge on any atom is 0.228 e. The number of nitrogens with one attached hydrogen (secondary N) is 1. The number of nitrogens with zero attached hydrogens (tertiary/aromatic N) is 1. The van der Waals surface area contributed by atoms with Gasteiger partial charge in [-0.05, 0) is 47.7 Å². The van der Waals surface area contributed by atoms with Crippen molar-refractivity contribution < 1.29 is 9.53 Å². The van der Waals surface area contributed by atoms with Gasteiger partial charge in [-0.15, -0.1) is 0 Å². The second-order valence-electron chi connectivity index (χ2n) is 6.82. The lowest BCUT2D eigenvalue weighted by Crippen LogP contribution is -2.15. The average molecular weight is 416 g/mol. The Morgan fingerprint density at radius 2 is 2.04 bits per heavy atom. The number of ether oxygens (including phenoxy) is 1. The third-order valence-corrected chi connectivity index (χ3v) is 5.04. The van der Waals surface area contributed by atoms with Crippen molar-refractivity contribution in [2.75, 3.05) is 11.9 Å². The lowest BCUT2D eigenvalue weighted by atomic mass is 10.1. The van der Waals surface area contributed by atoms with Gasteiger partial charge in [-0.1, -0.05) is 43.6 Å². The molecule has 0 bridgehead atoms. The van der Waals surface area contributed by atoms with Crippen LogP contribution in [0.3, 0.4) is 0 Å². The number of pyridine rings is 1. The minimum Gasteiger partial charge on any atom is -0.477 e. The zero-order valence-electron chi connectivity index (χ0n) is 15.7. The van der Waals surface area contributed by atoms with E-state index in [0.29, 0.717) is 29.1 Å². The second-order valence-corrected chi connectivity index (χ2v) is 7.91. The summed E-state index contributed by atoms with van der Waals surface area (Å²) in [5.41, 5.74) is 1.42. The largest absolute Gasteiger partial charge is 0.477 e. The van der Waals surface area contributed by atoms with Crippen LogP contribution in [-0.2, 0) is 11.2 Å². The molecule has 5 nitrogen and oxygen atoms in total. The molecule has 3 N–H and O–H groups in total. The summed E-state index contributed by atoms with van der Waals surface area (Å²) in [6.07, 6.45) is 1.89. The quantitative estimate of drug-likeness (QED) is 0.527. The van der Waals surface area contributed by atoms with Crippen molar-refractivity contribution in [3.8, 4) is 5.88 Å². The smallest absolute Gasteiger partial charge is 0.228 e. The van der Waals surface area contributed by atoms with Gasteiger partial charge in [0.25, 0.3) is 0 Å². The lowest BCUT2D eigenvalue weighted by Gasteiger charge is -2.14. The molecule has 2 aromatic carbocycles. The molecule has 3 rings (SSSR count). The van der Waals surface area contributed by atoms with Gasteiger partial charge in [-0.3, -0.25) is 9.93 Å². The summed E-state index contributed by atoms with van der Waals surface area (Å²) in [7, 11) is 0. The van der Waals surface area contributed by atoms with Crippen LogP contribution in [0.2, 0.25) is 5.02 Å². The van der Waals surface area contributed by atoms with Crippen LogP contribution in [0.4, 0.5) is 5.69 Å². The average Bonchev–Trinajstić information content (AvgIpc) is 2.67. The van der Waals surface area contributed by atoms with Crippen molar-refractivity contribution in [2.45, 2.75) is 25.2 Å². The first kappa shape index (κ1) is 20.5. The zero-order valence-corrected chi connectivity index (χ0v) is 17.3. The molecule has 0 aliphatic carbocycles. The van der Waals surface area contributed by atoms with Gasteiger partial charge in [0, 0.05) is 32.6 Å². The molecular formula is C21H22ClN3O2S. The van der Waals surface area contributed by atoms with Crippen molar-refractivity contribution in [2.24, 2.45) is 11.1 Å². The highest BCUT2D eigenvalue weighted by Crippen LogP contribution is 2.33. The molecule has 7 heteroatoms. The Bertz CT molecular complexity index is 995. The lowest BCUT2D eigenvalue weighted by molar-refractivity contribution is -0.115. The van der Waals surface area contributed by atoms with Gasteiger partial charge in [0.15, 0.2) is 0 Å². The number of carbonyl (C=O) groups is 1. The molecule has 0 radical (unpaired) electrons. The van der Waals surface area contributed by atoms with Crippen molar-refractivity contribution in [3.63, 3.8) is 0 Å². The van der Waals surface area contributed by atoms with E-state index in [-0.39, 0.29) is 12.3 Å². The molecule has 0 atom stereocenters. The summed E-state index contributed by atoms with van der Waals surface area (Å²) < 4.78 is 5.86. The van der Waals surface area contributed by atoms with Gasteiger partial charge >= 0.3 is 0 Å². The molecule has 0 aliphatic heterocycles. The van der Waals surface area contributed by atoms with Crippen LogP contribution in [0.15, 0.2) is 53.6 Å². The van der Waals surface area contributed by atoms with Crippen molar-refractivity contribution in [1.82, 2.24) is 4.98 Å². The first-order chi connectivity index (χ1) is 13.5. The van der Waals surface area contributed by atoms with E-state index in [1.165, 1.54) is 0 Å². The van der Waals surface area contributed by atoms with Gasteiger partial charge in [0.1, 0.15) is 0 Å². The van der Waals surface area contributed by atoms with Crippen LogP contribution in [0, 0.1) is 5.92 Å². The summed E-state index contributed by atoms with van der Waals surface area (Å²) in [5, 5.41) is 11.1. The van der Waals surface area contributed by atoms with Crippen molar-refractivity contribution in [1.29, 1.82) is 0 Å². The molecule has 0 saturated heterocycles. The molecule has 1 aromatic heterocycles. The number of hydrogen-bond donors (Lipinski definition) is 2. The number of fused-ring (bicyclic) bond motifs is 1. The fourth-order valence-corrected chi connectivity index (χ4v) is 3.48. The van der Waals surface area contributed by atoms with Crippen LogP contribution in [0.5, 0.6) is 5.88 Å². The Morgan fingerprint density at radius 1 is 1.25 bits per heavy atom. The fraction of sp³-hybridized carbons (Fsp3) is 0.238. The van der Waals surface area contributed by atoms with Crippen molar-refractivity contribution >= 4 is 45.9 Å². The fourth-order valence-electron chi connectivity index (χ4n) is 2.77. The molecule has 0 saturated carbocycles. The number of benzene rings is 2. The number of rotatable bonds is 7. The van der Waals surface area contributed by atoms with Crippen LogP contribution in [0.25, 0.3) is 10.8 Å². The predicted octanol–water partition coefficient (Wildman–Crippen LogP) is 5.07. The van der Waals surface area contributed by atoms with E-state index in [4.69, 9.17) is 21.5 Å². The molecule has 0 spiro atoms. The monoisotopic (exact) mass is 415 g/mol. The molecule has 0 aliphatic rings. The van der Waals surface area contributed by atoms with E-state index >= 15 is 0 Å². The SMILES string of the molecule is CC(C)COc1nccc2c(SN)cc(NC(=O)Cc3ccccc3Cl)cc12. The summed E-state index contributed by atoms with van der Waals surface area (Å²) in [6.45, 7) is 4.71. The number of halogens is 1. The normalized spacial score (nSPS) is 11.0. The zero-order chi connectivity index (χ0) is 20.1. The Morgan fingerprint density at radius 3 is 2.75 bits per heavy atom. The first-order valence-electron chi connectivity index (χ1n) is 8.93. The Kier molecular flexibility index (Phi) is 6.78. The van der Waals surface area contributed by atoms with Crippen LogP contribution in [-0.4, -0.2) is 17.5 Å². The molecule has 3 aromatic rings. The van der Waals surface area contributed by atoms with Crippen LogP contribution < -0.4 is 15.2 Å². The van der Waals surface area contributed by atoms with E-state index in [1.54, 1.807) is 12.3 Å². The van der Waals surface area contributed by atoms with E-state index < -0.39 is 0 Å². The first-order valence-corrected chi connectivity index (χ1v) is 10.2. The topological polar surface area (TPSA) is 77.2 Å². The van der Waals surface area contributed by atoms with Crippen molar-refractivity contribution in [3.05, 3.63) is 59.2 Å². The number of anilines is 1. The number of amides is 1. The minimum atomic E-state index is -0.158. The number of nitrogens with two attached hydrogens (primary N) is 1. The summed E-state index contributed by atoms with van der Waals surface area (Å²) in [6, 6.07) is 12.9. The Labute approximate surface area is 173 Å². The molecular weight excluding hydrogens is 394 g/mol.